The van der Waals surface area contributed by atoms with Crippen molar-refractivity contribution in [3.05, 3.63) is 93.6 Å². The molecule has 1 N–H and O–H groups in total. The molecule has 8 heteroatoms. The van der Waals surface area contributed by atoms with Crippen LogP contribution in [-0.4, -0.2) is 9.78 Å². The molecule has 5 nitrogen and oxygen atoms in total. The standard InChI is InChI=1S/C22H16Cl3N5/c1-14-21(28-27-19-9-5-8-18(24)20(19)25)22(26-16-12-10-15(23)11-13-16)30(29-14)17-6-3-2-4-7-17/h2-13,26H,1H3. The van der Waals surface area contributed by atoms with E-state index in [-0.39, 0.29) is 0 Å². The van der Waals surface area contributed by atoms with Crippen molar-refractivity contribution in [2.24, 2.45) is 10.2 Å². The lowest BCUT2D eigenvalue weighted by atomic mass is 10.3. The minimum Gasteiger partial charge on any atom is -0.338 e. The second kappa shape index (κ2) is 8.88. The fourth-order valence-electron chi connectivity index (χ4n) is 2.85. The van der Waals surface area contributed by atoms with Gasteiger partial charge in [0.2, 0.25) is 0 Å². The molecule has 1 aromatic heterocycles. The summed E-state index contributed by atoms with van der Waals surface area (Å²) in [6.45, 7) is 1.88. The first kappa shape index (κ1) is 20.4. The Morgan fingerprint density at radius 1 is 0.833 bits per heavy atom. The largest absolute Gasteiger partial charge is 0.338 e. The Hall–Kier alpha value is -2.86. The molecular weight excluding hydrogens is 441 g/mol. The van der Waals surface area contributed by atoms with E-state index < -0.39 is 0 Å². The molecule has 0 aliphatic heterocycles. The highest BCUT2D eigenvalue weighted by atomic mass is 35.5. The molecule has 0 saturated carbocycles. The predicted octanol–water partition coefficient (Wildman–Crippen LogP) is 8.30. The van der Waals surface area contributed by atoms with E-state index in [1.165, 1.54) is 0 Å². The Morgan fingerprint density at radius 3 is 2.30 bits per heavy atom. The molecular formula is C22H16Cl3N5. The number of halogens is 3. The molecule has 0 radical (unpaired) electrons. The minimum atomic E-state index is 0.350. The van der Waals surface area contributed by atoms with Gasteiger partial charge < -0.3 is 5.32 Å². The average Bonchev–Trinajstić information content (AvgIpc) is 3.06. The number of hydrogen-bond acceptors (Lipinski definition) is 4. The molecule has 0 amide bonds. The molecule has 0 atom stereocenters. The summed E-state index contributed by atoms with van der Waals surface area (Å²) in [7, 11) is 0. The molecule has 0 saturated heterocycles. The summed E-state index contributed by atoms with van der Waals surface area (Å²) in [6.07, 6.45) is 0. The van der Waals surface area contributed by atoms with E-state index in [0.717, 1.165) is 11.4 Å². The first-order valence-corrected chi connectivity index (χ1v) is 10.2. The van der Waals surface area contributed by atoms with Gasteiger partial charge in [0.15, 0.2) is 11.5 Å². The molecule has 0 unspecified atom stereocenters. The van der Waals surface area contributed by atoms with Gasteiger partial charge in [0.05, 0.1) is 21.4 Å². The van der Waals surface area contributed by atoms with Crippen LogP contribution in [0.3, 0.4) is 0 Å². The maximum Gasteiger partial charge on any atom is 0.162 e. The van der Waals surface area contributed by atoms with E-state index in [4.69, 9.17) is 34.8 Å². The summed E-state index contributed by atoms with van der Waals surface area (Å²) in [5.74, 6) is 0.669. The van der Waals surface area contributed by atoms with Crippen molar-refractivity contribution in [1.82, 2.24) is 9.78 Å². The molecule has 0 aliphatic rings. The van der Waals surface area contributed by atoms with Crippen molar-refractivity contribution in [1.29, 1.82) is 0 Å². The normalized spacial score (nSPS) is 11.2. The van der Waals surface area contributed by atoms with Gasteiger partial charge in [-0.1, -0.05) is 59.1 Å². The number of rotatable bonds is 5. The van der Waals surface area contributed by atoms with Crippen LogP contribution >= 0.6 is 34.8 Å². The van der Waals surface area contributed by atoms with E-state index in [2.05, 4.69) is 20.6 Å². The Kier molecular flexibility index (Phi) is 6.04. The van der Waals surface area contributed by atoms with Crippen LogP contribution in [0.4, 0.5) is 22.9 Å². The number of nitrogens with one attached hydrogen (secondary N) is 1. The average molecular weight is 457 g/mol. The highest BCUT2D eigenvalue weighted by Gasteiger charge is 2.17. The quantitative estimate of drug-likeness (QED) is 0.307. The van der Waals surface area contributed by atoms with Crippen LogP contribution in [0.25, 0.3) is 5.69 Å². The molecule has 3 aromatic carbocycles. The number of benzene rings is 3. The van der Waals surface area contributed by atoms with Gasteiger partial charge >= 0.3 is 0 Å². The number of aromatic nitrogens is 2. The van der Waals surface area contributed by atoms with E-state index in [1.54, 1.807) is 22.9 Å². The van der Waals surface area contributed by atoms with Gasteiger partial charge in [0, 0.05) is 10.7 Å². The first-order valence-electron chi connectivity index (χ1n) is 9.06. The molecule has 0 bridgehead atoms. The third kappa shape index (κ3) is 4.33. The first-order chi connectivity index (χ1) is 14.5. The van der Waals surface area contributed by atoms with Gasteiger partial charge in [-0.15, -0.1) is 10.2 Å². The van der Waals surface area contributed by atoms with Crippen LogP contribution in [0.1, 0.15) is 5.69 Å². The van der Waals surface area contributed by atoms with Gasteiger partial charge in [0.25, 0.3) is 0 Å². The van der Waals surface area contributed by atoms with Crippen LogP contribution in [0.5, 0.6) is 0 Å². The van der Waals surface area contributed by atoms with Crippen molar-refractivity contribution in [2.45, 2.75) is 6.92 Å². The minimum absolute atomic E-state index is 0.350. The van der Waals surface area contributed by atoms with Gasteiger partial charge in [-0.3, -0.25) is 0 Å². The molecule has 1 heterocycles. The Bertz CT molecular complexity index is 1200. The zero-order valence-corrected chi connectivity index (χ0v) is 18.1. The predicted molar refractivity (Wildman–Crippen MR) is 124 cm³/mol. The SMILES string of the molecule is Cc1nn(-c2ccccc2)c(Nc2ccc(Cl)cc2)c1N=Nc1cccc(Cl)c1Cl. The summed E-state index contributed by atoms with van der Waals surface area (Å²) in [4.78, 5) is 0. The van der Waals surface area contributed by atoms with E-state index in [9.17, 15) is 0 Å². The number of hydrogen-bond donors (Lipinski definition) is 1. The lowest BCUT2D eigenvalue weighted by Gasteiger charge is -2.11. The third-order valence-electron chi connectivity index (χ3n) is 4.33. The lowest BCUT2D eigenvalue weighted by Crippen LogP contribution is -2.02. The number of aryl methyl sites for hydroxylation is 1. The van der Waals surface area contributed by atoms with Gasteiger partial charge in [-0.05, 0) is 55.5 Å². The molecule has 4 rings (SSSR count). The number of para-hydroxylation sites is 1. The molecule has 0 aliphatic carbocycles. The summed E-state index contributed by atoms with van der Waals surface area (Å²) in [5, 5.41) is 18.2. The molecule has 0 fully saturated rings. The van der Waals surface area contributed by atoms with Crippen LogP contribution in [-0.2, 0) is 0 Å². The van der Waals surface area contributed by atoms with Gasteiger partial charge in [0.1, 0.15) is 5.69 Å². The fourth-order valence-corrected chi connectivity index (χ4v) is 3.31. The van der Waals surface area contributed by atoms with Crippen LogP contribution in [0.15, 0.2) is 83.0 Å². The van der Waals surface area contributed by atoms with Crippen molar-refractivity contribution < 1.29 is 0 Å². The maximum atomic E-state index is 6.25. The molecule has 30 heavy (non-hydrogen) atoms. The summed E-state index contributed by atoms with van der Waals surface area (Å²) < 4.78 is 1.79. The van der Waals surface area contributed by atoms with E-state index >= 15 is 0 Å². The highest BCUT2D eigenvalue weighted by Crippen LogP contribution is 2.37. The third-order valence-corrected chi connectivity index (χ3v) is 5.39. The molecule has 150 valence electrons. The van der Waals surface area contributed by atoms with E-state index in [0.29, 0.717) is 38.0 Å². The monoisotopic (exact) mass is 455 g/mol. The topological polar surface area (TPSA) is 54.6 Å². The van der Waals surface area contributed by atoms with Crippen LogP contribution in [0.2, 0.25) is 15.1 Å². The fraction of sp³-hybridized carbons (Fsp3) is 0.0455. The summed E-state index contributed by atoms with van der Waals surface area (Å²) >= 11 is 18.4. The summed E-state index contributed by atoms with van der Waals surface area (Å²) in [5.41, 5.74) is 3.50. The van der Waals surface area contributed by atoms with Gasteiger partial charge in [-0.2, -0.15) is 5.10 Å². The number of azo groups is 1. The number of anilines is 2. The number of nitrogens with zero attached hydrogens (tertiary/aromatic N) is 4. The maximum absolute atomic E-state index is 6.25. The molecule has 4 aromatic rings. The zero-order chi connectivity index (χ0) is 21.1. The Balaban J connectivity index is 1.81. The molecule has 0 spiro atoms. The Labute approximate surface area is 188 Å². The van der Waals surface area contributed by atoms with Crippen molar-refractivity contribution in [3.63, 3.8) is 0 Å². The second-order valence-electron chi connectivity index (χ2n) is 6.43. The van der Waals surface area contributed by atoms with Crippen LogP contribution in [0, 0.1) is 6.92 Å². The summed E-state index contributed by atoms with van der Waals surface area (Å²) in [6, 6.07) is 22.4. The van der Waals surface area contributed by atoms with Crippen molar-refractivity contribution in [3.8, 4) is 5.69 Å². The van der Waals surface area contributed by atoms with Gasteiger partial charge in [-0.25, -0.2) is 4.68 Å². The lowest BCUT2D eigenvalue weighted by molar-refractivity contribution is 0.869. The second-order valence-corrected chi connectivity index (χ2v) is 7.66. The van der Waals surface area contributed by atoms with E-state index in [1.807, 2.05) is 61.5 Å². The zero-order valence-electron chi connectivity index (χ0n) is 15.9. The Morgan fingerprint density at radius 2 is 1.57 bits per heavy atom. The van der Waals surface area contributed by atoms with Crippen molar-refractivity contribution >= 4 is 57.7 Å². The smallest absolute Gasteiger partial charge is 0.162 e. The van der Waals surface area contributed by atoms with Crippen LogP contribution < -0.4 is 5.32 Å². The highest BCUT2D eigenvalue weighted by molar-refractivity contribution is 6.43. The van der Waals surface area contributed by atoms with Crippen molar-refractivity contribution in [2.75, 3.05) is 5.32 Å².